The number of amides is 1. The maximum Gasteiger partial charge on any atom is 0.260 e. The van der Waals surface area contributed by atoms with Crippen molar-refractivity contribution in [2.75, 3.05) is 50.5 Å². The molecule has 3 rings (SSSR count). The first-order chi connectivity index (χ1) is 14.9. The number of nitrogens with zero attached hydrogens (tertiary/aromatic N) is 2. The van der Waals surface area contributed by atoms with E-state index in [0.29, 0.717) is 31.9 Å². The van der Waals surface area contributed by atoms with Crippen LogP contribution in [0.25, 0.3) is 0 Å². The summed E-state index contributed by atoms with van der Waals surface area (Å²) in [5, 5.41) is 2.65. The van der Waals surface area contributed by atoms with Gasteiger partial charge in [-0.1, -0.05) is 30.3 Å². The molecule has 168 valence electrons. The third kappa shape index (κ3) is 6.11. The molecular weight excluding hydrogens is 418 g/mol. The molecule has 9 heteroatoms. The van der Waals surface area contributed by atoms with E-state index in [1.54, 1.807) is 26.2 Å². The molecule has 8 nitrogen and oxygen atoms in total. The number of anilines is 1. The lowest BCUT2D eigenvalue weighted by molar-refractivity contribution is -0.127. The van der Waals surface area contributed by atoms with Crippen LogP contribution in [-0.4, -0.2) is 70.3 Å². The number of carbonyl (C=O) groups excluding carboxylic acids is 1. The number of hydrogen-bond donors (Lipinski definition) is 1. The molecule has 0 aliphatic carbocycles. The van der Waals surface area contributed by atoms with Crippen LogP contribution in [0.1, 0.15) is 6.92 Å². The Morgan fingerprint density at radius 2 is 1.68 bits per heavy atom. The second kappa shape index (κ2) is 10.5. The molecule has 1 N–H and O–H groups in total. The summed E-state index contributed by atoms with van der Waals surface area (Å²) < 4.78 is 37.8. The van der Waals surface area contributed by atoms with Gasteiger partial charge in [-0.25, -0.2) is 8.42 Å². The topological polar surface area (TPSA) is 88.2 Å². The second-order valence-electron chi connectivity index (χ2n) is 7.24. The first-order valence-electron chi connectivity index (χ1n) is 10.3. The summed E-state index contributed by atoms with van der Waals surface area (Å²) in [6, 6.07) is 16.7. The summed E-state index contributed by atoms with van der Waals surface area (Å²) in [7, 11) is -1.84. The molecular formula is C22H29N3O5S. The average molecular weight is 448 g/mol. The molecule has 1 aliphatic rings. The highest BCUT2D eigenvalue weighted by molar-refractivity contribution is 7.89. The van der Waals surface area contributed by atoms with E-state index in [-0.39, 0.29) is 18.2 Å². The van der Waals surface area contributed by atoms with Crippen LogP contribution in [0.4, 0.5) is 5.69 Å². The fourth-order valence-corrected chi connectivity index (χ4v) is 4.77. The Morgan fingerprint density at radius 1 is 1.03 bits per heavy atom. The standard InChI is InChI=1S/C22H29N3O5S/c1-18(30-19-8-4-3-5-9-19)22(26)23-12-17-31(27,28)25-15-13-24(14-16-25)20-10-6-7-11-21(20)29-2/h3-11,18H,12-17H2,1-2H3,(H,23,26)/t18-/m0/s1. The van der Waals surface area contributed by atoms with E-state index in [1.165, 1.54) is 4.31 Å². The van der Waals surface area contributed by atoms with Crippen LogP contribution in [0.3, 0.4) is 0 Å². The van der Waals surface area contributed by atoms with E-state index in [1.807, 2.05) is 42.5 Å². The van der Waals surface area contributed by atoms with Gasteiger partial charge in [-0.2, -0.15) is 4.31 Å². The SMILES string of the molecule is COc1ccccc1N1CCN(S(=O)(=O)CCNC(=O)[C@H](C)Oc2ccccc2)CC1. The number of nitrogens with one attached hydrogen (secondary N) is 1. The molecule has 1 amide bonds. The van der Waals surface area contributed by atoms with E-state index < -0.39 is 16.1 Å². The van der Waals surface area contributed by atoms with Crippen molar-refractivity contribution in [2.45, 2.75) is 13.0 Å². The van der Waals surface area contributed by atoms with Crippen molar-refractivity contribution in [3.05, 3.63) is 54.6 Å². The molecule has 31 heavy (non-hydrogen) atoms. The highest BCUT2D eigenvalue weighted by Gasteiger charge is 2.28. The largest absolute Gasteiger partial charge is 0.495 e. The van der Waals surface area contributed by atoms with Gasteiger partial charge in [0.25, 0.3) is 5.91 Å². The monoisotopic (exact) mass is 447 g/mol. The number of methoxy groups -OCH3 is 1. The molecule has 0 bridgehead atoms. The summed E-state index contributed by atoms with van der Waals surface area (Å²) in [5.41, 5.74) is 0.960. The third-order valence-electron chi connectivity index (χ3n) is 5.14. The van der Waals surface area contributed by atoms with Gasteiger partial charge in [0.2, 0.25) is 10.0 Å². The van der Waals surface area contributed by atoms with Crippen molar-refractivity contribution < 1.29 is 22.7 Å². The first kappa shape index (κ1) is 22.9. The molecule has 1 fully saturated rings. The van der Waals surface area contributed by atoms with E-state index in [2.05, 4.69) is 10.2 Å². The zero-order valence-corrected chi connectivity index (χ0v) is 18.7. The lowest BCUT2D eigenvalue weighted by Crippen LogP contribution is -2.50. The Labute approximate surface area is 183 Å². The number of carbonyl (C=O) groups is 1. The number of benzene rings is 2. The number of rotatable bonds is 9. The minimum atomic E-state index is -3.47. The van der Waals surface area contributed by atoms with Gasteiger partial charge >= 0.3 is 0 Å². The van der Waals surface area contributed by atoms with Gasteiger partial charge in [-0.3, -0.25) is 4.79 Å². The highest BCUT2D eigenvalue weighted by Crippen LogP contribution is 2.28. The molecule has 0 unspecified atom stereocenters. The van der Waals surface area contributed by atoms with E-state index in [4.69, 9.17) is 9.47 Å². The Kier molecular flexibility index (Phi) is 7.75. The summed E-state index contributed by atoms with van der Waals surface area (Å²) in [5.74, 6) is 0.866. The van der Waals surface area contributed by atoms with Crippen molar-refractivity contribution in [3.63, 3.8) is 0 Å². The zero-order valence-electron chi connectivity index (χ0n) is 17.9. The number of para-hydroxylation sites is 3. The van der Waals surface area contributed by atoms with Crippen LogP contribution in [0.2, 0.25) is 0 Å². The second-order valence-corrected chi connectivity index (χ2v) is 9.33. The van der Waals surface area contributed by atoms with Crippen LogP contribution in [0.5, 0.6) is 11.5 Å². The molecule has 1 saturated heterocycles. The number of piperazine rings is 1. The highest BCUT2D eigenvalue weighted by atomic mass is 32.2. The lowest BCUT2D eigenvalue weighted by Gasteiger charge is -2.36. The molecule has 0 saturated carbocycles. The molecule has 2 aromatic rings. The summed E-state index contributed by atoms with van der Waals surface area (Å²) in [4.78, 5) is 14.3. The first-order valence-corrected chi connectivity index (χ1v) is 11.9. The molecule has 1 atom stereocenters. The molecule has 2 aromatic carbocycles. The summed E-state index contributed by atoms with van der Waals surface area (Å²) in [6.07, 6.45) is -0.713. The molecule has 0 spiro atoms. The van der Waals surface area contributed by atoms with Gasteiger partial charge < -0.3 is 19.7 Å². The molecule has 0 radical (unpaired) electrons. The van der Waals surface area contributed by atoms with Gasteiger partial charge in [0.05, 0.1) is 18.6 Å². The minimum Gasteiger partial charge on any atom is -0.495 e. The van der Waals surface area contributed by atoms with E-state index in [0.717, 1.165) is 11.4 Å². The zero-order chi connectivity index (χ0) is 22.3. The number of hydrogen-bond acceptors (Lipinski definition) is 6. The van der Waals surface area contributed by atoms with Crippen LogP contribution in [-0.2, 0) is 14.8 Å². The van der Waals surface area contributed by atoms with Gasteiger partial charge in [0.15, 0.2) is 6.10 Å². The minimum absolute atomic E-state index is 0.0381. The number of sulfonamides is 1. The maximum absolute atomic E-state index is 12.7. The van der Waals surface area contributed by atoms with Crippen LogP contribution in [0, 0.1) is 0 Å². The smallest absolute Gasteiger partial charge is 0.260 e. The number of ether oxygens (including phenoxy) is 2. The normalized spacial score (nSPS) is 15.9. The van der Waals surface area contributed by atoms with Crippen molar-refractivity contribution >= 4 is 21.6 Å². The van der Waals surface area contributed by atoms with Gasteiger partial charge in [0, 0.05) is 32.7 Å². The molecule has 1 aliphatic heterocycles. The Hall–Kier alpha value is -2.78. The lowest BCUT2D eigenvalue weighted by atomic mass is 10.2. The van der Waals surface area contributed by atoms with Gasteiger partial charge in [-0.15, -0.1) is 0 Å². The average Bonchev–Trinajstić information content (AvgIpc) is 2.79. The van der Waals surface area contributed by atoms with Crippen LogP contribution < -0.4 is 19.7 Å². The van der Waals surface area contributed by atoms with Crippen LogP contribution >= 0.6 is 0 Å². The summed E-state index contributed by atoms with van der Waals surface area (Å²) in [6.45, 7) is 3.61. The fourth-order valence-electron chi connectivity index (χ4n) is 3.43. The Bertz CT molecular complexity index is 960. The predicted octanol–water partition coefficient (Wildman–Crippen LogP) is 1.73. The Balaban J connectivity index is 1.45. The third-order valence-corrected chi connectivity index (χ3v) is 7.01. The Morgan fingerprint density at radius 3 is 2.35 bits per heavy atom. The van der Waals surface area contributed by atoms with Crippen LogP contribution in [0.15, 0.2) is 54.6 Å². The summed E-state index contributed by atoms with van der Waals surface area (Å²) >= 11 is 0. The van der Waals surface area contributed by atoms with E-state index in [9.17, 15) is 13.2 Å². The molecule has 0 aromatic heterocycles. The predicted molar refractivity (Wildman–Crippen MR) is 120 cm³/mol. The molecule has 1 heterocycles. The van der Waals surface area contributed by atoms with Crippen molar-refractivity contribution in [1.82, 2.24) is 9.62 Å². The fraction of sp³-hybridized carbons (Fsp3) is 0.409. The quantitative estimate of drug-likeness (QED) is 0.630. The van der Waals surface area contributed by atoms with Crippen molar-refractivity contribution in [1.29, 1.82) is 0 Å². The van der Waals surface area contributed by atoms with Gasteiger partial charge in [-0.05, 0) is 31.2 Å². The van der Waals surface area contributed by atoms with Crippen molar-refractivity contribution in [3.8, 4) is 11.5 Å². The van der Waals surface area contributed by atoms with Crippen molar-refractivity contribution in [2.24, 2.45) is 0 Å². The maximum atomic E-state index is 12.7. The van der Waals surface area contributed by atoms with Gasteiger partial charge in [0.1, 0.15) is 11.5 Å². The van der Waals surface area contributed by atoms with E-state index >= 15 is 0 Å².